The Morgan fingerprint density at radius 1 is 0.370 bits per heavy atom. The number of pyridine rings is 1. The fourth-order valence-corrected chi connectivity index (χ4v) is 7.96. The molecule has 2 heterocycles. The van der Waals surface area contributed by atoms with Crippen LogP contribution in [0, 0.1) is 0 Å². The number of hydrogen-bond donors (Lipinski definition) is 0. The van der Waals surface area contributed by atoms with Crippen molar-refractivity contribution in [2.75, 3.05) is 0 Å². The summed E-state index contributed by atoms with van der Waals surface area (Å²) in [5.41, 5.74) is 11.7. The average molecular weight is 690 g/mol. The van der Waals surface area contributed by atoms with Gasteiger partial charge in [0.05, 0.1) is 22.6 Å². The topological polar surface area (TPSA) is 38.7 Å². The molecule has 8 aromatic carbocycles. The molecule has 0 N–H and O–H groups in total. The van der Waals surface area contributed by atoms with Crippen molar-refractivity contribution in [1.82, 2.24) is 15.0 Å². The van der Waals surface area contributed by atoms with Crippen LogP contribution in [0.25, 0.3) is 99.5 Å². The van der Waals surface area contributed by atoms with Crippen LogP contribution in [0.5, 0.6) is 0 Å². The Bertz CT molecular complexity index is 2970. The minimum Gasteiger partial charge on any atom is -0.248 e. The molecule has 3 heteroatoms. The minimum atomic E-state index is 0.725. The Morgan fingerprint density at radius 3 is 1.83 bits per heavy atom. The number of aromatic nitrogens is 3. The van der Waals surface area contributed by atoms with Gasteiger partial charge < -0.3 is 0 Å². The van der Waals surface area contributed by atoms with Crippen LogP contribution >= 0.6 is 0 Å². The van der Waals surface area contributed by atoms with Gasteiger partial charge in [-0.3, -0.25) is 0 Å². The zero-order valence-corrected chi connectivity index (χ0v) is 29.9. The van der Waals surface area contributed by atoms with Crippen LogP contribution in [-0.2, 0) is 6.42 Å². The molecule has 0 saturated heterocycles. The van der Waals surface area contributed by atoms with Crippen molar-refractivity contribution in [2.24, 2.45) is 0 Å². The molecule has 10 aromatic rings. The number of nitrogens with zero attached hydrogens (tertiary/aromatic N) is 3. The first-order valence-electron chi connectivity index (χ1n) is 18.6. The van der Waals surface area contributed by atoms with Gasteiger partial charge in [-0.1, -0.05) is 165 Å². The van der Waals surface area contributed by atoms with Gasteiger partial charge in [-0.15, -0.1) is 0 Å². The summed E-state index contributed by atoms with van der Waals surface area (Å²) in [6.45, 7) is 2.24. The molecule has 0 atom stereocenters. The summed E-state index contributed by atoms with van der Waals surface area (Å²) in [6, 6.07) is 64.6. The molecule has 0 fully saturated rings. The SMILES string of the molecule is CCc1c(-c2cc(-c3ccccc3)nc(-c3ccccc3)n2)ccc2ccc(-c3ccc4ccc(-c5cccc6ccc7ccccc7c56)nc4c3)cc12. The lowest BCUT2D eigenvalue weighted by Crippen LogP contribution is -1.98. The smallest absolute Gasteiger partial charge is 0.160 e. The fraction of sp³-hybridized carbons (Fsp3) is 0.0392. The first-order valence-corrected chi connectivity index (χ1v) is 18.6. The Labute approximate surface area is 314 Å². The molecule has 0 aliphatic rings. The third kappa shape index (κ3) is 5.58. The summed E-state index contributed by atoms with van der Waals surface area (Å²) in [4.78, 5) is 15.5. The minimum absolute atomic E-state index is 0.725. The molecule has 0 unspecified atom stereocenters. The highest BCUT2D eigenvalue weighted by Crippen LogP contribution is 2.37. The average Bonchev–Trinajstić information content (AvgIpc) is 3.25. The van der Waals surface area contributed by atoms with Crippen molar-refractivity contribution in [3.63, 3.8) is 0 Å². The Balaban J connectivity index is 1.09. The monoisotopic (exact) mass is 689 g/mol. The van der Waals surface area contributed by atoms with Gasteiger partial charge in [0.1, 0.15) is 0 Å². The van der Waals surface area contributed by atoms with Crippen molar-refractivity contribution in [1.29, 1.82) is 0 Å². The second-order valence-electron chi connectivity index (χ2n) is 13.9. The van der Waals surface area contributed by atoms with E-state index >= 15 is 0 Å². The molecule has 54 heavy (non-hydrogen) atoms. The largest absolute Gasteiger partial charge is 0.248 e. The Hall–Kier alpha value is -6.97. The highest BCUT2D eigenvalue weighted by Gasteiger charge is 2.16. The number of rotatable bonds is 6. The highest BCUT2D eigenvalue weighted by atomic mass is 14.9. The summed E-state index contributed by atoms with van der Waals surface area (Å²) in [6.07, 6.45) is 0.865. The molecule has 0 saturated carbocycles. The quantitative estimate of drug-likeness (QED) is 0.163. The molecule has 0 bridgehead atoms. The number of benzene rings is 8. The Morgan fingerprint density at radius 2 is 1.00 bits per heavy atom. The maximum atomic E-state index is 5.29. The molecule has 0 spiro atoms. The van der Waals surface area contributed by atoms with E-state index in [4.69, 9.17) is 15.0 Å². The van der Waals surface area contributed by atoms with E-state index in [1.165, 1.54) is 37.9 Å². The zero-order chi connectivity index (χ0) is 36.0. The van der Waals surface area contributed by atoms with E-state index in [0.717, 1.165) is 73.6 Å². The lowest BCUT2D eigenvalue weighted by Gasteiger charge is -2.15. The van der Waals surface area contributed by atoms with Gasteiger partial charge in [-0.25, -0.2) is 15.0 Å². The van der Waals surface area contributed by atoms with Gasteiger partial charge in [0, 0.05) is 27.6 Å². The molecular weight excluding hydrogens is 655 g/mol. The second kappa shape index (κ2) is 13.2. The van der Waals surface area contributed by atoms with Crippen LogP contribution < -0.4 is 0 Å². The first-order chi connectivity index (χ1) is 26.7. The Kier molecular flexibility index (Phi) is 7.77. The van der Waals surface area contributed by atoms with Crippen LogP contribution in [0.15, 0.2) is 182 Å². The molecular formula is C51H35N3. The van der Waals surface area contributed by atoms with Crippen LogP contribution in [0.1, 0.15) is 12.5 Å². The standard InChI is InChI=1S/C51H35N3/c1-2-41-43(49-32-48(35-13-5-3-6-14-35)53-51(54-49)38-15-7-4-8-16-38)28-26-34-21-24-39(30-45(34)41)40-25-22-36-27-29-46(52-47(36)31-40)44-19-11-17-37-23-20-33-12-9-10-18-42(33)50(37)44/h3-32H,2H2,1H3. The number of aryl methyl sites for hydroxylation is 1. The third-order valence-electron chi connectivity index (χ3n) is 10.7. The summed E-state index contributed by atoms with van der Waals surface area (Å²) >= 11 is 0. The lowest BCUT2D eigenvalue weighted by molar-refractivity contribution is 1.14. The van der Waals surface area contributed by atoms with Crippen molar-refractivity contribution in [3.05, 3.63) is 188 Å². The third-order valence-corrected chi connectivity index (χ3v) is 10.7. The van der Waals surface area contributed by atoms with E-state index in [-0.39, 0.29) is 0 Å². The predicted octanol–water partition coefficient (Wildman–Crippen LogP) is 13.4. The summed E-state index contributed by atoms with van der Waals surface area (Å²) in [7, 11) is 0. The van der Waals surface area contributed by atoms with Crippen molar-refractivity contribution in [2.45, 2.75) is 13.3 Å². The van der Waals surface area contributed by atoms with E-state index in [9.17, 15) is 0 Å². The molecule has 0 aliphatic heterocycles. The van der Waals surface area contributed by atoms with E-state index in [0.29, 0.717) is 0 Å². The van der Waals surface area contributed by atoms with Gasteiger partial charge in [-0.2, -0.15) is 0 Å². The van der Waals surface area contributed by atoms with E-state index < -0.39 is 0 Å². The normalized spacial score (nSPS) is 11.5. The fourth-order valence-electron chi connectivity index (χ4n) is 7.96. The maximum Gasteiger partial charge on any atom is 0.160 e. The second-order valence-corrected chi connectivity index (χ2v) is 13.9. The van der Waals surface area contributed by atoms with Crippen molar-refractivity contribution >= 4 is 43.2 Å². The van der Waals surface area contributed by atoms with Crippen LogP contribution in [-0.4, -0.2) is 15.0 Å². The molecule has 10 rings (SSSR count). The zero-order valence-electron chi connectivity index (χ0n) is 29.9. The summed E-state index contributed by atoms with van der Waals surface area (Å²) in [5, 5.41) is 8.52. The van der Waals surface area contributed by atoms with Crippen molar-refractivity contribution in [3.8, 4) is 56.3 Å². The van der Waals surface area contributed by atoms with Gasteiger partial charge in [-0.05, 0) is 79.7 Å². The molecule has 254 valence electrons. The van der Waals surface area contributed by atoms with Gasteiger partial charge >= 0.3 is 0 Å². The number of fused-ring (bicyclic) bond motifs is 5. The molecule has 0 radical (unpaired) electrons. The lowest BCUT2D eigenvalue weighted by atomic mass is 9.92. The van der Waals surface area contributed by atoms with Crippen molar-refractivity contribution < 1.29 is 0 Å². The van der Waals surface area contributed by atoms with Gasteiger partial charge in [0.25, 0.3) is 0 Å². The van der Waals surface area contributed by atoms with Crippen LogP contribution in [0.3, 0.4) is 0 Å². The van der Waals surface area contributed by atoms with E-state index in [1.807, 2.05) is 24.3 Å². The molecule has 0 amide bonds. The number of hydrogen-bond acceptors (Lipinski definition) is 3. The van der Waals surface area contributed by atoms with Crippen LogP contribution in [0.4, 0.5) is 0 Å². The van der Waals surface area contributed by atoms with Gasteiger partial charge in [0.15, 0.2) is 5.82 Å². The summed E-state index contributed by atoms with van der Waals surface area (Å²) < 4.78 is 0. The van der Waals surface area contributed by atoms with Gasteiger partial charge in [0.2, 0.25) is 0 Å². The summed E-state index contributed by atoms with van der Waals surface area (Å²) in [5.74, 6) is 0.725. The maximum absolute atomic E-state index is 5.29. The molecule has 0 aliphatic carbocycles. The predicted molar refractivity (Wildman–Crippen MR) is 226 cm³/mol. The van der Waals surface area contributed by atoms with E-state index in [2.05, 4.69) is 165 Å². The molecule has 2 aromatic heterocycles. The molecule has 3 nitrogen and oxygen atoms in total. The first kappa shape index (κ1) is 31.7. The van der Waals surface area contributed by atoms with Crippen LogP contribution in [0.2, 0.25) is 0 Å². The van der Waals surface area contributed by atoms with E-state index in [1.54, 1.807) is 0 Å². The highest BCUT2D eigenvalue weighted by molar-refractivity contribution is 6.14.